The van der Waals surface area contributed by atoms with Gasteiger partial charge in [-0.3, -0.25) is 10.1 Å². The Morgan fingerprint density at radius 3 is 2.70 bits per heavy atom. The Balaban J connectivity index is 2.06. The Labute approximate surface area is 194 Å². The maximum atomic E-state index is 11.4. The smallest absolute Gasteiger partial charge is 0.270 e. The van der Waals surface area contributed by atoms with E-state index in [2.05, 4.69) is 15.6 Å². The molecule has 174 valence electrons. The molecule has 0 fully saturated rings. The van der Waals surface area contributed by atoms with Crippen molar-refractivity contribution in [2.75, 3.05) is 19.5 Å². The number of nitro groups is 1. The Kier molecular flexibility index (Phi) is 7.35. The fourth-order valence-electron chi connectivity index (χ4n) is 3.69. The van der Waals surface area contributed by atoms with Crippen LogP contribution in [0.25, 0.3) is 0 Å². The molecule has 0 bridgehead atoms. The average Bonchev–Trinajstić information content (AvgIpc) is 2.77. The molecule has 3 N–H and O–H groups in total. The van der Waals surface area contributed by atoms with Crippen molar-refractivity contribution in [3.63, 3.8) is 0 Å². The fraction of sp³-hybridized carbons (Fsp3) is 0.333. The lowest BCUT2D eigenvalue weighted by Crippen LogP contribution is -2.62. The van der Waals surface area contributed by atoms with Gasteiger partial charge in [-0.2, -0.15) is 5.26 Å². The molecule has 0 saturated carbocycles. The third-order valence-corrected chi connectivity index (χ3v) is 5.44. The number of nitrogens with zero attached hydrogens (tertiary/aromatic N) is 3. The first-order valence-corrected chi connectivity index (χ1v) is 10.1. The summed E-state index contributed by atoms with van der Waals surface area (Å²) in [6.45, 7) is 1.58. The molecule has 3 rings (SSSR count). The van der Waals surface area contributed by atoms with Gasteiger partial charge in [0, 0.05) is 42.6 Å². The second-order valence-corrected chi connectivity index (χ2v) is 7.77. The van der Waals surface area contributed by atoms with Crippen molar-refractivity contribution in [1.82, 2.24) is 5.32 Å². The lowest BCUT2D eigenvalue weighted by Gasteiger charge is -2.46. The number of aliphatic hydroxyl groups is 1. The van der Waals surface area contributed by atoms with Gasteiger partial charge in [0.1, 0.15) is 11.9 Å². The molecule has 1 aliphatic heterocycles. The number of hydrogen-bond donors (Lipinski definition) is 3. The van der Waals surface area contributed by atoms with Gasteiger partial charge in [-0.25, -0.2) is 0 Å². The first-order valence-electron chi connectivity index (χ1n) is 9.70. The summed E-state index contributed by atoms with van der Waals surface area (Å²) in [5.41, 5.74) is -0.799. The van der Waals surface area contributed by atoms with Crippen LogP contribution in [0.3, 0.4) is 0 Å². The molecule has 1 heterocycles. The van der Waals surface area contributed by atoms with Gasteiger partial charge in [-0.15, -0.1) is 4.99 Å². The van der Waals surface area contributed by atoms with E-state index in [9.17, 15) is 20.5 Å². The van der Waals surface area contributed by atoms with Crippen molar-refractivity contribution in [3.8, 4) is 11.9 Å². The second kappa shape index (κ2) is 10.0. The van der Waals surface area contributed by atoms with Crippen LogP contribution in [-0.2, 0) is 9.47 Å². The summed E-state index contributed by atoms with van der Waals surface area (Å²) < 4.78 is 16.7. The molecular weight excluding hydrogens is 454 g/mol. The molecule has 0 aliphatic carbocycles. The van der Waals surface area contributed by atoms with Gasteiger partial charge in [0.15, 0.2) is 11.9 Å². The highest BCUT2D eigenvalue weighted by atomic mass is 35.5. The van der Waals surface area contributed by atoms with Gasteiger partial charge < -0.3 is 30.0 Å². The molecule has 0 amide bonds. The van der Waals surface area contributed by atoms with Crippen molar-refractivity contribution in [2.45, 2.75) is 31.0 Å². The zero-order valence-corrected chi connectivity index (χ0v) is 18.7. The third-order valence-electron chi connectivity index (χ3n) is 5.21. The topological polar surface area (TPSA) is 151 Å². The maximum Gasteiger partial charge on any atom is 0.270 e. The monoisotopic (exact) mass is 475 g/mol. The Morgan fingerprint density at radius 2 is 2.09 bits per heavy atom. The summed E-state index contributed by atoms with van der Waals surface area (Å²) in [5, 5.41) is 38.2. The minimum atomic E-state index is -1.42. The van der Waals surface area contributed by atoms with Crippen molar-refractivity contribution in [2.24, 2.45) is 4.99 Å². The van der Waals surface area contributed by atoms with Gasteiger partial charge in [0.2, 0.25) is 12.2 Å². The van der Waals surface area contributed by atoms with E-state index in [1.54, 1.807) is 37.4 Å². The van der Waals surface area contributed by atoms with E-state index in [1.165, 1.54) is 32.4 Å². The predicted molar refractivity (Wildman–Crippen MR) is 120 cm³/mol. The summed E-state index contributed by atoms with van der Waals surface area (Å²) in [5.74, 6) is 0.251. The molecule has 0 spiro atoms. The van der Waals surface area contributed by atoms with Crippen LogP contribution in [0.2, 0.25) is 5.02 Å². The number of anilines is 1. The minimum absolute atomic E-state index is 0.0168. The van der Waals surface area contributed by atoms with Crippen molar-refractivity contribution >= 4 is 28.9 Å². The van der Waals surface area contributed by atoms with E-state index in [4.69, 9.17) is 25.8 Å². The van der Waals surface area contributed by atoms with Gasteiger partial charge in [-0.05, 0) is 31.2 Å². The molecule has 0 saturated heterocycles. The fourth-order valence-corrected chi connectivity index (χ4v) is 3.88. The molecule has 1 aliphatic rings. The number of nitro benzene ring substituents is 1. The van der Waals surface area contributed by atoms with Crippen LogP contribution >= 0.6 is 11.6 Å². The van der Waals surface area contributed by atoms with Gasteiger partial charge in [-0.1, -0.05) is 17.7 Å². The van der Waals surface area contributed by atoms with Crippen LogP contribution in [0, 0.1) is 21.6 Å². The van der Waals surface area contributed by atoms with E-state index in [0.29, 0.717) is 16.3 Å². The van der Waals surface area contributed by atoms with Crippen LogP contribution in [0.4, 0.5) is 11.4 Å². The average molecular weight is 476 g/mol. The Hall–Kier alpha value is -3.43. The number of non-ortho nitro benzene ring substituents is 1. The van der Waals surface area contributed by atoms with Gasteiger partial charge in [0.25, 0.3) is 5.69 Å². The SMILES string of the molecule is COC(OC)[C@@]1(C)Oc2ccc([N+](=O)[O-])cc2[C@@H](NC(=NC#N)Nc2cccc(Cl)c2)[C@@H]1O. The molecule has 2 aromatic carbocycles. The molecule has 11 nitrogen and oxygen atoms in total. The number of halogens is 1. The Bertz CT molecular complexity index is 1100. The summed E-state index contributed by atoms with van der Waals surface area (Å²) >= 11 is 6.03. The van der Waals surface area contributed by atoms with E-state index in [-0.39, 0.29) is 17.4 Å². The lowest BCUT2D eigenvalue weighted by molar-refractivity contribution is -0.385. The first kappa shape index (κ1) is 24.2. The van der Waals surface area contributed by atoms with Crippen molar-refractivity contribution in [1.29, 1.82) is 5.26 Å². The Morgan fingerprint density at radius 1 is 1.36 bits per heavy atom. The number of aliphatic hydroxyl groups excluding tert-OH is 1. The number of methoxy groups -OCH3 is 2. The lowest BCUT2D eigenvalue weighted by atomic mass is 9.84. The summed E-state index contributed by atoms with van der Waals surface area (Å²) in [7, 11) is 2.79. The predicted octanol–water partition coefficient (Wildman–Crippen LogP) is 2.96. The number of fused-ring (bicyclic) bond motifs is 1. The maximum absolute atomic E-state index is 11.4. The van der Waals surface area contributed by atoms with Gasteiger partial charge in [0.05, 0.1) is 11.0 Å². The highest BCUT2D eigenvalue weighted by Crippen LogP contribution is 2.43. The van der Waals surface area contributed by atoms with Crippen LogP contribution in [0.15, 0.2) is 47.5 Å². The number of hydrogen-bond acceptors (Lipinski definition) is 8. The van der Waals surface area contributed by atoms with Crippen LogP contribution < -0.4 is 15.4 Å². The molecule has 33 heavy (non-hydrogen) atoms. The zero-order valence-electron chi connectivity index (χ0n) is 18.0. The highest BCUT2D eigenvalue weighted by molar-refractivity contribution is 6.30. The summed E-state index contributed by atoms with van der Waals surface area (Å²) in [6, 6.07) is 9.71. The van der Waals surface area contributed by atoms with Crippen LogP contribution in [-0.4, -0.2) is 48.2 Å². The van der Waals surface area contributed by atoms with Crippen LogP contribution in [0.1, 0.15) is 18.5 Å². The largest absolute Gasteiger partial charge is 0.479 e. The minimum Gasteiger partial charge on any atom is -0.479 e. The molecule has 12 heteroatoms. The zero-order chi connectivity index (χ0) is 24.2. The molecule has 0 radical (unpaired) electrons. The molecular formula is C21H22ClN5O6. The summed E-state index contributed by atoms with van der Waals surface area (Å²) in [4.78, 5) is 14.5. The number of nitrogens with one attached hydrogen (secondary N) is 2. The number of aliphatic imine (C=N–C) groups is 1. The number of benzene rings is 2. The number of ether oxygens (including phenoxy) is 3. The first-order chi connectivity index (χ1) is 15.7. The van der Waals surface area contributed by atoms with Crippen LogP contribution in [0.5, 0.6) is 5.75 Å². The van der Waals surface area contributed by atoms with E-state index in [0.717, 1.165) is 0 Å². The molecule has 0 aromatic heterocycles. The molecule has 2 aromatic rings. The highest BCUT2D eigenvalue weighted by Gasteiger charge is 2.52. The van der Waals surface area contributed by atoms with Crippen molar-refractivity contribution < 1.29 is 24.2 Å². The normalized spacial score (nSPS) is 22.2. The molecule has 0 unspecified atom stereocenters. The van der Waals surface area contributed by atoms with E-state index in [1.807, 2.05) is 0 Å². The van der Waals surface area contributed by atoms with E-state index < -0.39 is 29.0 Å². The summed E-state index contributed by atoms with van der Waals surface area (Å²) in [6.07, 6.45) is -0.648. The standard InChI is InChI=1S/C21H22ClN5O6/c1-21(19(31-2)32-3)18(28)17(15-10-14(27(29)30)7-8-16(15)33-21)26-20(24-11-23)25-13-6-4-5-12(22)9-13/h4-10,17-19,28H,1-3H3,(H2,24,25,26)/t17-,18+,21+/m1/s1. The quantitative estimate of drug-likeness (QED) is 0.143. The number of nitriles is 1. The third kappa shape index (κ3) is 4.99. The van der Waals surface area contributed by atoms with E-state index >= 15 is 0 Å². The number of guanidine groups is 1. The second-order valence-electron chi connectivity index (χ2n) is 7.33. The molecule has 3 atom stereocenters. The number of rotatable bonds is 6. The van der Waals surface area contributed by atoms with Crippen molar-refractivity contribution in [3.05, 3.63) is 63.2 Å². The van der Waals surface area contributed by atoms with Gasteiger partial charge >= 0.3 is 0 Å².